The Morgan fingerprint density at radius 2 is 1.87 bits per heavy atom. The molecular formula is C18H25N3O2. The van der Waals surface area contributed by atoms with Crippen LogP contribution < -0.4 is 16.0 Å². The molecule has 124 valence electrons. The van der Waals surface area contributed by atoms with E-state index in [1.807, 2.05) is 24.3 Å². The minimum absolute atomic E-state index is 0.0513. The standard InChI is InChI=1S/C18H25N3O2/c1-2-12-7-9-13(10-8-12)19-17(22)11-16-18(23)21-15-6-4-3-5-14(15)20-16/h7-10,14-16,20H,2-6,11H2,1H3,(H,19,22)(H,21,23). The number of hydrogen-bond acceptors (Lipinski definition) is 3. The van der Waals surface area contributed by atoms with Crippen molar-refractivity contribution in [2.24, 2.45) is 0 Å². The molecule has 3 rings (SSSR count). The van der Waals surface area contributed by atoms with Gasteiger partial charge in [-0.25, -0.2) is 0 Å². The molecular weight excluding hydrogens is 290 g/mol. The van der Waals surface area contributed by atoms with E-state index in [1.54, 1.807) is 0 Å². The van der Waals surface area contributed by atoms with Gasteiger partial charge in [-0.3, -0.25) is 9.59 Å². The number of hydrogen-bond donors (Lipinski definition) is 3. The van der Waals surface area contributed by atoms with Crippen molar-refractivity contribution in [3.8, 4) is 0 Å². The van der Waals surface area contributed by atoms with Gasteiger partial charge in [0, 0.05) is 17.8 Å². The molecule has 3 N–H and O–H groups in total. The predicted molar refractivity (Wildman–Crippen MR) is 90.2 cm³/mol. The lowest BCUT2D eigenvalue weighted by Crippen LogP contribution is -2.65. The van der Waals surface area contributed by atoms with E-state index < -0.39 is 6.04 Å². The number of carbonyl (C=O) groups excluding carboxylic acids is 2. The third-order valence-electron chi connectivity index (χ3n) is 4.86. The third-order valence-corrected chi connectivity index (χ3v) is 4.86. The predicted octanol–water partition coefficient (Wildman–Crippen LogP) is 1.98. The van der Waals surface area contributed by atoms with Gasteiger partial charge in [0.25, 0.3) is 0 Å². The summed E-state index contributed by atoms with van der Waals surface area (Å²) in [6.45, 7) is 2.10. The van der Waals surface area contributed by atoms with Gasteiger partial charge in [0.05, 0.1) is 12.5 Å². The largest absolute Gasteiger partial charge is 0.350 e. The summed E-state index contributed by atoms with van der Waals surface area (Å²) in [6.07, 6.45) is 5.61. The second-order valence-corrected chi connectivity index (χ2v) is 6.53. The zero-order chi connectivity index (χ0) is 16.2. The molecule has 3 atom stereocenters. The molecule has 5 nitrogen and oxygen atoms in total. The number of nitrogens with one attached hydrogen (secondary N) is 3. The fourth-order valence-corrected chi connectivity index (χ4v) is 3.49. The Balaban J connectivity index is 1.55. The number of piperazine rings is 1. The molecule has 3 unspecified atom stereocenters. The average molecular weight is 315 g/mol. The van der Waals surface area contributed by atoms with Gasteiger partial charge < -0.3 is 16.0 Å². The summed E-state index contributed by atoms with van der Waals surface area (Å²) < 4.78 is 0. The molecule has 1 aromatic carbocycles. The van der Waals surface area contributed by atoms with Crippen LogP contribution in [0.15, 0.2) is 24.3 Å². The topological polar surface area (TPSA) is 70.2 Å². The van der Waals surface area contributed by atoms with Crippen LogP contribution >= 0.6 is 0 Å². The number of aryl methyl sites for hydroxylation is 1. The molecule has 2 amide bonds. The summed E-state index contributed by atoms with van der Waals surface area (Å²) in [5, 5.41) is 9.31. The SMILES string of the molecule is CCc1ccc(NC(=O)CC2NC3CCCCC3NC2=O)cc1. The molecule has 0 radical (unpaired) electrons. The minimum atomic E-state index is -0.427. The van der Waals surface area contributed by atoms with Crippen LogP contribution in [-0.2, 0) is 16.0 Å². The summed E-state index contributed by atoms with van der Waals surface area (Å²) in [6, 6.07) is 7.94. The highest BCUT2D eigenvalue weighted by Crippen LogP contribution is 2.22. The van der Waals surface area contributed by atoms with Gasteiger partial charge in [-0.15, -0.1) is 0 Å². The molecule has 23 heavy (non-hydrogen) atoms. The Bertz CT molecular complexity index is 570. The molecule has 0 bridgehead atoms. The molecule has 1 heterocycles. The van der Waals surface area contributed by atoms with Crippen LogP contribution in [0.5, 0.6) is 0 Å². The Morgan fingerprint density at radius 1 is 1.17 bits per heavy atom. The number of rotatable bonds is 4. The maximum atomic E-state index is 12.2. The normalized spacial score (nSPS) is 27.0. The van der Waals surface area contributed by atoms with Crippen molar-refractivity contribution in [1.29, 1.82) is 0 Å². The van der Waals surface area contributed by atoms with Crippen LogP contribution in [-0.4, -0.2) is 29.9 Å². The highest BCUT2D eigenvalue weighted by molar-refractivity contribution is 5.95. The molecule has 1 saturated heterocycles. The van der Waals surface area contributed by atoms with E-state index in [2.05, 4.69) is 22.9 Å². The summed E-state index contributed by atoms with van der Waals surface area (Å²) in [5.41, 5.74) is 2.01. The maximum Gasteiger partial charge on any atom is 0.237 e. The maximum absolute atomic E-state index is 12.2. The fourth-order valence-electron chi connectivity index (χ4n) is 3.49. The summed E-state index contributed by atoms with van der Waals surface area (Å²) in [7, 11) is 0. The molecule has 0 spiro atoms. The first-order valence-electron chi connectivity index (χ1n) is 8.61. The Labute approximate surface area is 137 Å². The van der Waals surface area contributed by atoms with Gasteiger partial charge in [-0.05, 0) is 37.0 Å². The van der Waals surface area contributed by atoms with Crippen molar-refractivity contribution in [1.82, 2.24) is 10.6 Å². The molecule has 5 heteroatoms. The lowest BCUT2D eigenvalue weighted by molar-refractivity contribution is -0.129. The molecule has 0 aromatic heterocycles. The van der Waals surface area contributed by atoms with Crippen molar-refractivity contribution in [2.45, 2.75) is 63.6 Å². The average Bonchev–Trinajstić information content (AvgIpc) is 2.56. The van der Waals surface area contributed by atoms with Crippen molar-refractivity contribution in [3.05, 3.63) is 29.8 Å². The van der Waals surface area contributed by atoms with E-state index in [0.29, 0.717) is 6.04 Å². The van der Waals surface area contributed by atoms with Crippen molar-refractivity contribution >= 4 is 17.5 Å². The molecule has 2 fully saturated rings. The second-order valence-electron chi connectivity index (χ2n) is 6.53. The highest BCUT2D eigenvalue weighted by Gasteiger charge is 2.36. The van der Waals surface area contributed by atoms with Crippen LogP contribution in [0.25, 0.3) is 0 Å². The van der Waals surface area contributed by atoms with Gasteiger partial charge in [-0.1, -0.05) is 31.9 Å². The number of carbonyl (C=O) groups is 2. The van der Waals surface area contributed by atoms with E-state index in [1.165, 1.54) is 18.4 Å². The number of fused-ring (bicyclic) bond motifs is 1. The van der Waals surface area contributed by atoms with E-state index in [-0.39, 0.29) is 24.3 Å². The monoisotopic (exact) mass is 315 g/mol. The van der Waals surface area contributed by atoms with Crippen LogP contribution in [0.2, 0.25) is 0 Å². The molecule has 1 aliphatic carbocycles. The third kappa shape index (κ3) is 3.91. The number of anilines is 1. The van der Waals surface area contributed by atoms with Crippen molar-refractivity contribution in [3.63, 3.8) is 0 Å². The Morgan fingerprint density at radius 3 is 2.57 bits per heavy atom. The van der Waals surface area contributed by atoms with Gasteiger partial charge >= 0.3 is 0 Å². The molecule has 1 aromatic rings. The molecule has 1 saturated carbocycles. The number of amides is 2. The second kappa shape index (κ2) is 7.13. The van der Waals surface area contributed by atoms with Crippen molar-refractivity contribution in [2.75, 3.05) is 5.32 Å². The van der Waals surface area contributed by atoms with E-state index in [0.717, 1.165) is 24.9 Å². The Hall–Kier alpha value is -1.88. The van der Waals surface area contributed by atoms with E-state index in [9.17, 15) is 9.59 Å². The van der Waals surface area contributed by atoms with E-state index >= 15 is 0 Å². The zero-order valence-corrected chi connectivity index (χ0v) is 13.6. The van der Waals surface area contributed by atoms with Gasteiger partial charge in [0.15, 0.2) is 0 Å². The lowest BCUT2D eigenvalue weighted by atomic mass is 9.87. The molecule has 2 aliphatic rings. The summed E-state index contributed by atoms with van der Waals surface area (Å²) in [5.74, 6) is -0.180. The first-order valence-corrected chi connectivity index (χ1v) is 8.61. The first-order chi connectivity index (χ1) is 11.2. The van der Waals surface area contributed by atoms with Gasteiger partial charge in [-0.2, -0.15) is 0 Å². The first kappa shape index (κ1) is 16.0. The smallest absolute Gasteiger partial charge is 0.237 e. The van der Waals surface area contributed by atoms with Crippen LogP contribution in [0.1, 0.15) is 44.6 Å². The quantitative estimate of drug-likeness (QED) is 0.795. The summed E-state index contributed by atoms with van der Waals surface area (Å²) >= 11 is 0. The van der Waals surface area contributed by atoms with Crippen LogP contribution in [0, 0.1) is 0 Å². The van der Waals surface area contributed by atoms with Crippen LogP contribution in [0.4, 0.5) is 5.69 Å². The molecule has 1 aliphatic heterocycles. The number of benzene rings is 1. The van der Waals surface area contributed by atoms with Gasteiger partial charge in [0.1, 0.15) is 0 Å². The minimum Gasteiger partial charge on any atom is -0.350 e. The zero-order valence-electron chi connectivity index (χ0n) is 13.6. The fraction of sp³-hybridized carbons (Fsp3) is 0.556. The highest BCUT2D eigenvalue weighted by atomic mass is 16.2. The Kier molecular flexibility index (Phi) is 4.96. The van der Waals surface area contributed by atoms with Crippen molar-refractivity contribution < 1.29 is 9.59 Å². The van der Waals surface area contributed by atoms with Crippen LogP contribution in [0.3, 0.4) is 0 Å². The van der Waals surface area contributed by atoms with Gasteiger partial charge in [0.2, 0.25) is 11.8 Å². The lowest BCUT2D eigenvalue weighted by Gasteiger charge is -2.40. The van der Waals surface area contributed by atoms with E-state index in [4.69, 9.17) is 0 Å². The summed E-state index contributed by atoms with van der Waals surface area (Å²) in [4.78, 5) is 24.4.